The molecule has 3 fully saturated rings. The van der Waals surface area contributed by atoms with Crippen LogP contribution in [-0.4, -0.2) is 202 Å². The maximum absolute atomic E-state index is 15.4. The van der Waals surface area contributed by atoms with Gasteiger partial charge in [0, 0.05) is 37.5 Å². The maximum Gasteiger partial charge on any atom is 0.307 e. The van der Waals surface area contributed by atoms with Crippen LogP contribution in [0.1, 0.15) is 125 Å². The second-order valence-corrected chi connectivity index (χ2v) is 26.3. The number of primary amides is 1. The van der Waals surface area contributed by atoms with Gasteiger partial charge in [0.25, 0.3) is 12.4 Å². The summed E-state index contributed by atoms with van der Waals surface area (Å²) in [5.41, 5.74) is 16.0. The van der Waals surface area contributed by atoms with Crippen LogP contribution in [0.3, 0.4) is 0 Å². The lowest BCUT2D eigenvalue weighted by molar-refractivity contribution is -0.150. The minimum atomic E-state index is -2.06. The van der Waals surface area contributed by atoms with Crippen molar-refractivity contribution in [3.05, 3.63) is 106 Å². The van der Waals surface area contributed by atoms with E-state index < -0.39 is 212 Å². The molecule has 3 saturated heterocycles. The van der Waals surface area contributed by atoms with Gasteiger partial charge in [0.15, 0.2) is 11.6 Å². The molecule has 3 aromatic carbocycles. The average Bonchev–Trinajstić information content (AvgIpc) is 1.22. The van der Waals surface area contributed by atoms with E-state index in [-0.39, 0.29) is 63.0 Å². The summed E-state index contributed by atoms with van der Waals surface area (Å²) in [7, 11) is 0. The van der Waals surface area contributed by atoms with E-state index in [2.05, 4.69) is 47.3 Å². The molecule has 3 heterocycles. The first-order chi connectivity index (χ1) is 48.3. The van der Waals surface area contributed by atoms with E-state index >= 15 is 4.79 Å². The first-order valence-corrected chi connectivity index (χ1v) is 33.8. The van der Waals surface area contributed by atoms with Crippen LogP contribution in [0.15, 0.2) is 72.8 Å². The number of ketones is 2. The normalized spacial score (nSPS) is 23.7. The maximum atomic E-state index is 15.4. The Balaban J connectivity index is 1.31. The second kappa shape index (κ2) is 38.3. The molecule has 6 rings (SSSR count). The number of piperidine rings is 1. The number of aliphatic carboxylic acids is 2. The Hall–Kier alpha value is -10.5. The van der Waals surface area contributed by atoms with Crippen LogP contribution in [0.2, 0.25) is 0 Å². The van der Waals surface area contributed by atoms with Gasteiger partial charge in [0.2, 0.25) is 59.1 Å². The monoisotopic (exact) mass is 1420 g/mol. The molecule has 0 spiro atoms. The molecular weight excluding hydrogens is 1330 g/mol. The fourth-order valence-corrected chi connectivity index (χ4v) is 12.3. The second-order valence-electron chi connectivity index (χ2n) is 26.3. The number of hydrogen-bond donors (Lipinski definition) is 12. The molecule has 4 unspecified atom stereocenters. The Morgan fingerprint density at radius 2 is 1.19 bits per heavy atom. The summed E-state index contributed by atoms with van der Waals surface area (Å²) in [6.07, 6.45) is -0.154. The zero-order chi connectivity index (χ0) is 75.1. The number of nitrogens with two attached hydrogens (primary N) is 2. The van der Waals surface area contributed by atoms with Crippen molar-refractivity contribution in [1.29, 1.82) is 0 Å². The van der Waals surface area contributed by atoms with E-state index in [0.29, 0.717) is 12.8 Å². The van der Waals surface area contributed by atoms with Crippen molar-refractivity contribution in [3.63, 3.8) is 0 Å². The number of Topliss-reactive ketones (excluding diaryl/α,β-unsaturated/α-hetero) is 2. The van der Waals surface area contributed by atoms with Gasteiger partial charge >= 0.3 is 11.9 Å². The molecule has 32 heteroatoms. The summed E-state index contributed by atoms with van der Waals surface area (Å²) >= 11 is 0. The number of amides is 11. The Kier molecular flexibility index (Phi) is 30.2. The van der Waals surface area contributed by atoms with Crippen molar-refractivity contribution in [2.45, 2.75) is 172 Å². The molecule has 14 N–H and O–H groups in total. The van der Waals surface area contributed by atoms with Crippen LogP contribution >= 0.6 is 0 Å². The van der Waals surface area contributed by atoms with Gasteiger partial charge in [-0.05, 0) is 124 Å². The van der Waals surface area contributed by atoms with E-state index in [4.69, 9.17) is 11.5 Å². The summed E-state index contributed by atoms with van der Waals surface area (Å²) in [6.45, 7) is 4.06. The number of rotatable bonds is 21. The molecule has 0 aliphatic carbocycles. The summed E-state index contributed by atoms with van der Waals surface area (Å²) in [5.74, 6) is -22.4. The zero-order valence-electron chi connectivity index (χ0n) is 57.5. The minimum absolute atomic E-state index is 0.0176. The van der Waals surface area contributed by atoms with Crippen molar-refractivity contribution in [2.24, 2.45) is 35.1 Å². The fourth-order valence-electron chi connectivity index (χ4n) is 12.3. The number of carbonyl (C=O) groups is 16. The summed E-state index contributed by atoms with van der Waals surface area (Å²) < 4.78 is 18.1. The van der Waals surface area contributed by atoms with Crippen LogP contribution in [0.5, 0.6) is 0 Å². The molecule has 0 bridgehead atoms. The number of fused-ring (bicyclic) bond motifs is 2. The lowest BCUT2D eigenvalue weighted by Crippen LogP contribution is -2.64. The van der Waals surface area contributed by atoms with Gasteiger partial charge in [-0.25, -0.2) is 4.39 Å². The summed E-state index contributed by atoms with van der Waals surface area (Å²) in [6, 6.07) is 6.75. The molecule has 0 saturated carbocycles. The number of benzene rings is 3. The highest BCUT2D eigenvalue weighted by atomic mass is 19.1. The number of hydrogen-bond acceptors (Lipinski definition) is 18. The molecule has 12 atom stereocenters. The molecule has 0 radical (unpaired) electrons. The summed E-state index contributed by atoms with van der Waals surface area (Å²) in [5, 5.41) is 39.2. The Morgan fingerprint density at radius 3 is 1.75 bits per heavy atom. The standard InChI is InChI=1S/C70H91FN12O19/c1-37(2)59-68(98)83-28-8-10-54(83)67(97)76-40(5)60(81-66(96)50(31-56(73)87)78-61(91)45-23-19-43(20-24-45)17-15-41-11-13-42(14-12-41)16-18-44-21-25-46(71)26-22-44)69(99)82-27-7-6-9-53(82)55(86)30-48(38(3)70(100)101)62(92)79-51(32-58(89)90)64(94)75-34-57(88)77-52(35-102-36-84)65(95)74-33-47(85)29-49(39(4)72)63(93)80-59/h11-14,19-26,36-40,48-54,59-60H,6-10,15-18,27-35,72H2,1-5H3,(H2,73,87)(H,74,95)(H,75,94)(H,76,97)(H,77,88)(H,78,91)(H,79,92)(H,80,93)(H,81,96)(H,89,90)(H,100,101)/t38?,39?,40-,48+,49-,50+,51+,52?,53-,54+,59+,60?/m1/s1. The first kappa shape index (κ1) is 80.4. The Morgan fingerprint density at radius 1 is 0.647 bits per heavy atom. The van der Waals surface area contributed by atoms with Crippen molar-refractivity contribution >= 4 is 95.0 Å². The quantitative estimate of drug-likeness (QED) is 0.0567. The highest BCUT2D eigenvalue weighted by Crippen LogP contribution is 2.27. The summed E-state index contributed by atoms with van der Waals surface area (Å²) in [4.78, 5) is 221. The third kappa shape index (κ3) is 23.5. The number of carboxylic acids is 2. The third-order valence-electron chi connectivity index (χ3n) is 18.3. The number of carboxylic acid groups (broad SMARTS) is 2. The van der Waals surface area contributed by atoms with Gasteiger partial charge in [-0.15, -0.1) is 0 Å². The lowest BCUT2D eigenvalue weighted by atomic mass is 9.84. The van der Waals surface area contributed by atoms with Crippen LogP contribution in [0.25, 0.3) is 0 Å². The van der Waals surface area contributed by atoms with Gasteiger partial charge in [-0.3, -0.25) is 76.7 Å². The SMILES string of the molecule is CC(C(=O)O)[C@@H]1CC(=O)[C@H]2CCCCN2C(=O)C(NC(=O)[C@H](CC(N)=O)NC(=O)c2ccc(CCc3ccc(CCc4ccc(F)cc4)cc3)cc2)[C@@H](C)NC(=O)[C@@H]2CCCN2C(=O)[C@H](C(C)C)NC(=O)[C@@H](C(C)N)CC(=O)CNC(=O)C(COC=O)NC(=O)CNC(=O)[C@H](CC(=O)O)NC1=O. The molecule has 3 aliphatic rings. The Labute approximate surface area is 588 Å². The zero-order valence-corrected chi connectivity index (χ0v) is 57.5. The molecule has 102 heavy (non-hydrogen) atoms. The highest BCUT2D eigenvalue weighted by Gasteiger charge is 2.45. The lowest BCUT2D eigenvalue weighted by Gasteiger charge is -2.39. The van der Waals surface area contributed by atoms with Gasteiger partial charge in [-0.1, -0.05) is 69.3 Å². The number of aryl methyl sites for hydroxylation is 4. The topological polar surface area (TPSA) is 478 Å². The number of nitrogens with one attached hydrogen (secondary N) is 8. The minimum Gasteiger partial charge on any atom is -0.481 e. The van der Waals surface area contributed by atoms with Crippen LogP contribution in [0.4, 0.5) is 4.39 Å². The largest absolute Gasteiger partial charge is 0.481 e. The predicted molar refractivity (Wildman–Crippen MR) is 360 cm³/mol. The van der Waals surface area contributed by atoms with Gasteiger partial charge in [-0.2, -0.15) is 0 Å². The van der Waals surface area contributed by atoms with Crippen LogP contribution in [0, 0.1) is 29.5 Å². The van der Waals surface area contributed by atoms with Gasteiger partial charge < -0.3 is 78.8 Å². The number of carbonyl (C=O) groups excluding carboxylic acids is 14. The van der Waals surface area contributed by atoms with Crippen LogP contribution in [-0.2, 0) is 102 Å². The Bertz CT molecular complexity index is 3580. The molecule has 31 nitrogen and oxygen atoms in total. The van der Waals surface area contributed by atoms with Gasteiger partial charge in [0.1, 0.15) is 48.7 Å². The highest BCUT2D eigenvalue weighted by molar-refractivity contribution is 6.02. The van der Waals surface area contributed by atoms with Crippen molar-refractivity contribution in [3.8, 4) is 0 Å². The molecule has 0 aromatic heterocycles. The molecule has 3 aromatic rings. The average molecular weight is 1420 g/mol. The smallest absolute Gasteiger partial charge is 0.307 e. The molecular formula is C70H91FN12O19. The van der Waals surface area contributed by atoms with E-state index in [1.165, 1.54) is 43.0 Å². The third-order valence-corrected chi connectivity index (χ3v) is 18.3. The van der Waals surface area contributed by atoms with E-state index in [9.17, 15) is 86.5 Å². The fraction of sp³-hybridized carbons (Fsp3) is 0.514. The predicted octanol–water partition coefficient (Wildman–Crippen LogP) is -1.05. The number of ether oxygens (including phenoxy) is 1. The molecule has 11 amide bonds. The van der Waals surface area contributed by atoms with Crippen LogP contribution < -0.4 is 54.0 Å². The van der Waals surface area contributed by atoms with Crippen molar-refractivity contribution in [1.82, 2.24) is 52.3 Å². The van der Waals surface area contributed by atoms with E-state index in [1.54, 1.807) is 38.1 Å². The first-order valence-electron chi connectivity index (χ1n) is 33.8. The van der Waals surface area contributed by atoms with Crippen molar-refractivity contribution in [2.75, 3.05) is 32.8 Å². The number of nitrogens with zero attached hydrogens (tertiary/aromatic N) is 2. The molecule has 552 valence electrons. The van der Waals surface area contributed by atoms with Crippen molar-refractivity contribution < 1.29 is 96.1 Å². The van der Waals surface area contributed by atoms with E-state index in [1.807, 2.05) is 24.3 Å². The number of halogens is 1. The molecule has 3 aliphatic heterocycles. The van der Waals surface area contributed by atoms with Gasteiger partial charge in [0.05, 0.1) is 55.8 Å². The van der Waals surface area contributed by atoms with E-state index in [0.717, 1.165) is 46.9 Å².